The number of methoxy groups -OCH3 is 1. The zero-order valence-corrected chi connectivity index (χ0v) is 26.8. The van der Waals surface area contributed by atoms with Crippen LogP contribution >= 0.6 is 0 Å². The van der Waals surface area contributed by atoms with Gasteiger partial charge in [-0.2, -0.15) is 9.97 Å². The number of aromatic nitrogens is 2. The van der Waals surface area contributed by atoms with Crippen LogP contribution in [0.4, 0.5) is 11.5 Å². The summed E-state index contributed by atoms with van der Waals surface area (Å²) >= 11 is 0. The molecule has 0 amide bonds. The Morgan fingerprint density at radius 1 is 1.09 bits per heavy atom. The first-order valence-corrected chi connectivity index (χ1v) is 16.2. The molecule has 4 heterocycles. The molecular weight excluding hydrogens is 564 g/mol. The van der Waals surface area contributed by atoms with Gasteiger partial charge in [-0.3, -0.25) is 0 Å². The molecule has 0 spiro atoms. The maximum atomic E-state index is 7.63. The van der Waals surface area contributed by atoms with Crippen LogP contribution in [-0.4, -0.2) is 99.6 Å². The highest BCUT2D eigenvalue weighted by Crippen LogP contribution is 2.36. The van der Waals surface area contributed by atoms with Crippen LogP contribution in [0, 0.1) is 19.4 Å². The molecule has 0 unspecified atom stereocenters. The standard InChI is InChI=1S/C35H44N8O2/c1-25-8-5-9-26-10-6-12-32(33(25)26)42-17-13-29-31(22-42)39-35(45-23-28-11-7-16-41(28)3)40-34(29)43-18-14-30(27(21-43)20-36-2)38-24-37-15-19-44-4/h5-6,8-10,12,27-28,30H,7,11,13-23H2,1,3-4H3/t27-,28-,30+/m0/s1. The molecule has 0 N–H and O–H groups in total. The molecule has 1 aromatic heterocycles. The monoisotopic (exact) mass is 608 g/mol. The van der Waals surface area contributed by atoms with E-state index in [2.05, 4.69) is 85.9 Å². The Morgan fingerprint density at radius 3 is 2.76 bits per heavy atom. The molecule has 2 aromatic carbocycles. The van der Waals surface area contributed by atoms with Crippen molar-refractivity contribution in [2.75, 3.05) is 76.4 Å². The fourth-order valence-corrected chi connectivity index (χ4v) is 7.03. The van der Waals surface area contributed by atoms with Crippen LogP contribution < -0.4 is 14.5 Å². The zero-order valence-electron chi connectivity index (χ0n) is 26.8. The van der Waals surface area contributed by atoms with Crippen LogP contribution in [0.5, 0.6) is 6.01 Å². The molecule has 236 valence electrons. The van der Waals surface area contributed by atoms with Gasteiger partial charge in [0.05, 0.1) is 43.4 Å². The molecule has 3 atom stereocenters. The number of likely N-dealkylation sites (tertiary alicyclic amines) is 1. The minimum atomic E-state index is 0.0121. The highest BCUT2D eigenvalue weighted by molar-refractivity contribution is 5.97. The minimum Gasteiger partial charge on any atom is -0.462 e. The molecular formula is C35H44N8O2. The van der Waals surface area contributed by atoms with Crippen LogP contribution in [0.15, 0.2) is 46.4 Å². The number of hydrogen-bond donors (Lipinski definition) is 0. The number of benzene rings is 2. The smallest absolute Gasteiger partial charge is 0.318 e. The molecule has 10 heteroatoms. The summed E-state index contributed by atoms with van der Waals surface area (Å²) in [6.07, 6.45) is 3.98. The van der Waals surface area contributed by atoms with Crippen molar-refractivity contribution in [1.29, 1.82) is 0 Å². The molecule has 3 aliphatic rings. The first-order valence-electron chi connectivity index (χ1n) is 16.2. The highest BCUT2D eigenvalue weighted by Gasteiger charge is 2.35. The number of likely N-dealkylation sites (N-methyl/N-ethyl adjacent to an activating group) is 1. The van der Waals surface area contributed by atoms with E-state index in [4.69, 9.17) is 26.0 Å². The average molecular weight is 609 g/mol. The van der Waals surface area contributed by atoms with E-state index in [0.29, 0.717) is 51.4 Å². The van der Waals surface area contributed by atoms with E-state index < -0.39 is 0 Å². The normalized spacial score (nSPS) is 21.7. The lowest BCUT2D eigenvalue weighted by Gasteiger charge is -2.38. The number of ether oxygens (including phenoxy) is 2. The quantitative estimate of drug-likeness (QED) is 0.184. The van der Waals surface area contributed by atoms with Gasteiger partial charge >= 0.3 is 6.01 Å². The molecule has 3 aromatic rings. The molecule has 10 nitrogen and oxygen atoms in total. The molecule has 6 rings (SSSR count). The van der Waals surface area contributed by atoms with E-state index in [9.17, 15) is 0 Å². The fourth-order valence-electron chi connectivity index (χ4n) is 7.03. The lowest BCUT2D eigenvalue weighted by atomic mass is 9.92. The number of piperidine rings is 1. The van der Waals surface area contributed by atoms with Gasteiger partial charge in [0.1, 0.15) is 12.4 Å². The Balaban J connectivity index is 1.30. The van der Waals surface area contributed by atoms with E-state index >= 15 is 0 Å². The number of nitrogens with zero attached hydrogens (tertiary/aromatic N) is 8. The van der Waals surface area contributed by atoms with E-state index in [0.717, 1.165) is 50.4 Å². The van der Waals surface area contributed by atoms with Crippen molar-refractivity contribution in [3.63, 3.8) is 0 Å². The van der Waals surface area contributed by atoms with Crippen LogP contribution in [0.3, 0.4) is 0 Å². The Hall–Kier alpha value is -4.03. The molecule has 2 saturated heterocycles. The third-order valence-corrected chi connectivity index (χ3v) is 9.55. The number of rotatable bonds is 10. The molecule has 2 fully saturated rings. The highest BCUT2D eigenvalue weighted by atomic mass is 16.5. The fraction of sp³-hybridized carbons (Fsp3) is 0.543. The first kappa shape index (κ1) is 31.0. The van der Waals surface area contributed by atoms with E-state index in [-0.39, 0.29) is 12.0 Å². The van der Waals surface area contributed by atoms with Gasteiger partial charge in [-0.15, -0.1) is 0 Å². The average Bonchev–Trinajstić information content (AvgIpc) is 3.47. The summed E-state index contributed by atoms with van der Waals surface area (Å²) in [7, 11) is 3.82. The predicted octanol–water partition coefficient (Wildman–Crippen LogP) is 4.91. The SMILES string of the molecule is [C-]#[N+]C[C@H]1CN(c2nc(OC[C@@H]3CCCN3C)nc3c2CCN(c2cccc4cccc(C)c24)C3)CC[C@H]1N=C=NCCOC. The lowest BCUT2D eigenvalue weighted by molar-refractivity contribution is 0.187. The molecule has 0 radical (unpaired) electrons. The summed E-state index contributed by atoms with van der Waals surface area (Å²) in [5, 5.41) is 2.56. The summed E-state index contributed by atoms with van der Waals surface area (Å²) in [6.45, 7) is 16.1. The first-order chi connectivity index (χ1) is 22.1. The molecule has 45 heavy (non-hydrogen) atoms. The van der Waals surface area contributed by atoms with Crippen molar-refractivity contribution in [1.82, 2.24) is 14.9 Å². The molecule has 3 aliphatic heterocycles. The van der Waals surface area contributed by atoms with Gasteiger partial charge in [0.2, 0.25) is 6.54 Å². The molecule has 0 aliphatic carbocycles. The number of aryl methyl sites for hydroxylation is 1. The van der Waals surface area contributed by atoms with Gasteiger partial charge in [-0.25, -0.2) is 16.6 Å². The second kappa shape index (κ2) is 14.4. The molecule has 0 saturated carbocycles. The van der Waals surface area contributed by atoms with Crippen LogP contribution in [0.1, 0.15) is 36.1 Å². The van der Waals surface area contributed by atoms with E-state index in [1.54, 1.807) is 7.11 Å². The van der Waals surface area contributed by atoms with Gasteiger partial charge in [0.25, 0.3) is 0 Å². The summed E-state index contributed by atoms with van der Waals surface area (Å²) in [5.74, 6) is 1.02. The summed E-state index contributed by atoms with van der Waals surface area (Å²) in [5.41, 5.74) is 4.74. The summed E-state index contributed by atoms with van der Waals surface area (Å²) in [4.78, 5) is 29.9. The van der Waals surface area contributed by atoms with Crippen molar-refractivity contribution in [3.8, 4) is 6.01 Å². The maximum absolute atomic E-state index is 7.63. The summed E-state index contributed by atoms with van der Waals surface area (Å²) in [6, 6.07) is 16.8. The second-order valence-corrected chi connectivity index (χ2v) is 12.5. The van der Waals surface area contributed by atoms with Gasteiger partial charge in [0.15, 0.2) is 0 Å². The van der Waals surface area contributed by atoms with E-state index in [1.165, 1.54) is 34.0 Å². The van der Waals surface area contributed by atoms with Gasteiger partial charge in [-0.1, -0.05) is 30.3 Å². The second-order valence-electron chi connectivity index (χ2n) is 12.5. The van der Waals surface area contributed by atoms with Crippen LogP contribution in [-0.2, 0) is 17.7 Å². The molecule has 0 bridgehead atoms. The van der Waals surface area contributed by atoms with E-state index in [1.807, 2.05) is 0 Å². The number of aliphatic imine (C=N–C) groups is 2. The minimum absolute atomic E-state index is 0.0121. The Labute approximate surface area is 266 Å². The predicted molar refractivity (Wildman–Crippen MR) is 179 cm³/mol. The third kappa shape index (κ3) is 6.96. The Morgan fingerprint density at radius 2 is 1.96 bits per heavy atom. The van der Waals surface area contributed by atoms with Crippen molar-refractivity contribution < 1.29 is 9.47 Å². The van der Waals surface area contributed by atoms with Crippen molar-refractivity contribution in [2.45, 2.75) is 51.2 Å². The zero-order chi connectivity index (χ0) is 31.2. The summed E-state index contributed by atoms with van der Waals surface area (Å²) < 4.78 is 11.4. The van der Waals surface area contributed by atoms with Crippen molar-refractivity contribution >= 4 is 28.3 Å². The Bertz CT molecular complexity index is 1590. The topological polar surface area (TPSA) is 83.0 Å². The lowest BCUT2D eigenvalue weighted by Crippen LogP contribution is -2.45. The number of anilines is 2. The Kier molecular flexibility index (Phi) is 9.90. The van der Waals surface area contributed by atoms with Crippen molar-refractivity contribution in [2.24, 2.45) is 15.9 Å². The van der Waals surface area contributed by atoms with Crippen molar-refractivity contribution in [3.05, 3.63) is 64.6 Å². The maximum Gasteiger partial charge on any atom is 0.318 e. The van der Waals surface area contributed by atoms with Gasteiger partial charge in [-0.05, 0) is 63.2 Å². The van der Waals surface area contributed by atoms with Gasteiger partial charge < -0.3 is 29.0 Å². The van der Waals surface area contributed by atoms with Gasteiger partial charge in [0, 0.05) is 49.4 Å². The van der Waals surface area contributed by atoms with Crippen LogP contribution in [0.2, 0.25) is 0 Å². The number of hydrogen-bond acceptors (Lipinski definition) is 9. The van der Waals surface area contributed by atoms with Crippen LogP contribution in [0.25, 0.3) is 15.6 Å². The third-order valence-electron chi connectivity index (χ3n) is 9.55. The largest absolute Gasteiger partial charge is 0.462 e. The number of fused-ring (bicyclic) bond motifs is 2.